The first kappa shape index (κ1) is 59.0. The number of hydrogen-bond acceptors (Lipinski definition) is 13. The van der Waals surface area contributed by atoms with Crippen molar-refractivity contribution in [1.29, 1.82) is 0 Å². The number of aliphatic carboxylic acids is 1. The average molecular weight is 1050 g/mol. The van der Waals surface area contributed by atoms with Gasteiger partial charge in [-0.3, -0.25) is 33.3 Å². The van der Waals surface area contributed by atoms with Crippen LogP contribution in [0.4, 0.5) is 4.79 Å². The van der Waals surface area contributed by atoms with Crippen molar-refractivity contribution in [2.75, 3.05) is 13.2 Å². The molecular formula is C51H67N7O15S. The van der Waals surface area contributed by atoms with E-state index in [0.29, 0.717) is 43.2 Å². The topological polar surface area (TPSA) is 327 Å². The number of carboxylic acid groups (broad SMARTS) is 1. The molecule has 74 heavy (non-hydrogen) atoms. The second kappa shape index (κ2) is 28.6. The van der Waals surface area contributed by atoms with E-state index in [-0.39, 0.29) is 38.0 Å². The minimum absolute atomic E-state index is 0.0814. The van der Waals surface area contributed by atoms with Gasteiger partial charge in [-0.1, -0.05) is 100 Å². The van der Waals surface area contributed by atoms with Crippen molar-refractivity contribution in [2.45, 2.75) is 135 Å². The highest BCUT2D eigenvalue weighted by atomic mass is 32.3. The molecule has 0 radical (unpaired) electrons. The highest BCUT2D eigenvalue weighted by Crippen LogP contribution is 2.20. The minimum atomic E-state index is -4.81. The molecule has 1 aromatic heterocycles. The van der Waals surface area contributed by atoms with E-state index >= 15 is 0 Å². The lowest BCUT2D eigenvalue weighted by molar-refractivity contribution is -0.152. The Balaban J connectivity index is 1.51. The molecule has 4 rings (SSSR count). The summed E-state index contributed by atoms with van der Waals surface area (Å²) >= 11 is 0. The first-order valence-corrected chi connectivity index (χ1v) is 25.6. The molecule has 0 saturated carbocycles. The monoisotopic (exact) mass is 1050 g/mol. The van der Waals surface area contributed by atoms with Crippen molar-refractivity contribution in [3.63, 3.8) is 0 Å². The Morgan fingerprint density at radius 2 is 1.23 bits per heavy atom. The Labute approximate surface area is 429 Å². The summed E-state index contributed by atoms with van der Waals surface area (Å²) in [5, 5.41) is 25.8. The van der Waals surface area contributed by atoms with Gasteiger partial charge in [0.15, 0.2) is 0 Å². The quantitative estimate of drug-likeness (QED) is 0.0276. The third-order valence-electron chi connectivity index (χ3n) is 11.2. The molecule has 5 atom stereocenters. The van der Waals surface area contributed by atoms with E-state index in [0.717, 1.165) is 16.5 Å². The van der Waals surface area contributed by atoms with Crippen molar-refractivity contribution < 1.29 is 70.1 Å². The summed E-state index contributed by atoms with van der Waals surface area (Å²) in [7, 11) is -4.81. The van der Waals surface area contributed by atoms with Gasteiger partial charge < -0.3 is 55.6 Å². The molecule has 1 heterocycles. The van der Waals surface area contributed by atoms with Crippen molar-refractivity contribution in [1.82, 2.24) is 36.9 Å². The van der Waals surface area contributed by atoms with Crippen molar-refractivity contribution in [3.05, 3.63) is 102 Å². The molecular weight excluding hydrogens is 983 g/mol. The fourth-order valence-electron chi connectivity index (χ4n) is 7.52. The molecule has 5 unspecified atom stereocenters. The number of H-pyrrole nitrogens is 1. The molecule has 23 heteroatoms. The maximum atomic E-state index is 14.3. The highest BCUT2D eigenvalue weighted by molar-refractivity contribution is 7.81. The highest BCUT2D eigenvalue weighted by Gasteiger charge is 2.33. The van der Waals surface area contributed by atoms with Crippen LogP contribution in [0.5, 0.6) is 5.75 Å². The van der Waals surface area contributed by atoms with Gasteiger partial charge in [0.1, 0.15) is 41.6 Å². The van der Waals surface area contributed by atoms with E-state index < -0.39 is 107 Å². The van der Waals surface area contributed by atoms with E-state index in [4.69, 9.17) is 14.0 Å². The average Bonchev–Trinajstić information content (AvgIpc) is 3.74. The number of fused-ring (bicyclic) bond motifs is 1. The zero-order valence-corrected chi connectivity index (χ0v) is 42.9. The normalized spacial score (nSPS) is 13.4. The largest absolute Gasteiger partial charge is 0.481 e. The third-order valence-corrected chi connectivity index (χ3v) is 11.6. The van der Waals surface area contributed by atoms with Crippen LogP contribution in [0.15, 0.2) is 85.1 Å². The number of rotatable bonds is 29. The number of aromatic amines is 1. The first-order valence-electron chi connectivity index (χ1n) is 24.2. The van der Waals surface area contributed by atoms with E-state index in [1.54, 1.807) is 33.0 Å². The van der Waals surface area contributed by atoms with Gasteiger partial charge in [-0.05, 0) is 68.5 Å². The van der Waals surface area contributed by atoms with E-state index in [1.807, 2.05) is 62.4 Å². The van der Waals surface area contributed by atoms with Crippen LogP contribution in [0.2, 0.25) is 0 Å². The number of ether oxygens (including phenoxy) is 2. The van der Waals surface area contributed by atoms with Crippen LogP contribution in [-0.4, -0.2) is 120 Å². The van der Waals surface area contributed by atoms with Gasteiger partial charge in [-0.25, -0.2) is 9.59 Å². The molecule has 3 aromatic carbocycles. The molecule has 0 fully saturated rings. The number of hydrogen-bond donors (Lipinski definition) is 9. The van der Waals surface area contributed by atoms with Gasteiger partial charge in [0.05, 0.1) is 19.6 Å². The third kappa shape index (κ3) is 20.9. The number of unbranched alkanes of at least 4 members (excludes halogenated alkanes) is 2. The van der Waals surface area contributed by atoms with Gasteiger partial charge in [-0.2, -0.15) is 8.42 Å². The Morgan fingerprint density at radius 1 is 0.662 bits per heavy atom. The van der Waals surface area contributed by atoms with Crippen LogP contribution >= 0.6 is 0 Å². The van der Waals surface area contributed by atoms with Crippen LogP contribution in [-0.2, 0) is 72.7 Å². The number of carboxylic acids is 1. The molecule has 0 bridgehead atoms. The van der Waals surface area contributed by atoms with E-state index in [2.05, 4.69) is 41.1 Å². The van der Waals surface area contributed by atoms with Gasteiger partial charge in [-0.15, -0.1) is 0 Å². The number of benzene rings is 3. The SMILES string of the molecule is CCCCC(NC(=O)C(Cc1ccc(OS(=O)(=O)O)cc1)NC(=O)OC(C)(C)C)C(=O)NCC(=O)NC(Cc1c[nH]c2ccccc12)C(=O)NC(CCCC)C(=O)NC(CC(=O)O)C(=O)OCCc1ccccc1. The molecule has 0 aliphatic carbocycles. The number of para-hydroxylation sites is 1. The Kier molecular flexibility index (Phi) is 22.9. The first-order chi connectivity index (χ1) is 35.0. The number of carbonyl (C=O) groups is 8. The Bertz CT molecular complexity index is 2660. The summed E-state index contributed by atoms with van der Waals surface area (Å²) in [6.45, 7) is 7.82. The number of alkyl carbamates (subject to hydrolysis) is 1. The lowest BCUT2D eigenvalue weighted by Crippen LogP contribution is -2.58. The van der Waals surface area contributed by atoms with E-state index in [9.17, 15) is 51.9 Å². The predicted octanol–water partition coefficient (Wildman–Crippen LogP) is 3.72. The van der Waals surface area contributed by atoms with Gasteiger partial charge in [0, 0.05) is 36.4 Å². The number of amides is 6. The number of esters is 1. The number of nitrogens with one attached hydrogen (secondary N) is 7. The lowest BCUT2D eigenvalue weighted by Gasteiger charge is -2.26. The molecule has 0 aliphatic heterocycles. The number of aromatic nitrogens is 1. The van der Waals surface area contributed by atoms with Gasteiger partial charge in [0.2, 0.25) is 29.5 Å². The molecule has 0 saturated heterocycles. The molecule has 402 valence electrons. The van der Waals surface area contributed by atoms with Crippen LogP contribution in [0, 0.1) is 0 Å². The van der Waals surface area contributed by atoms with Crippen LogP contribution in [0.3, 0.4) is 0 Å². The minimum Gasteiger partial charge on any atom is -0.481 e. The molecule has 4 aromatic rings. The maximum Gasteiger partial charge on any atom is 0.446 e. The zero-order valence-electron chi connectivity index (χ0n) is 42.1. The summed E-state index contributed by atoms with van der Waals surface area (Å²) in [6, 6.07) is 14.8. The lowest BCUT2D eigenvalue weighted by atomic mass is 10.0. The molecule has 22 nitrogen and oxygen atoms in total. The fourth-order valence-corrected chi connectivity index (χ4v) is 7.87. The number of carbonyl (C=O) groups excluding carboxylic acids is 7. The molecule has 0 aliphatic rings. The molecule has 0 spiro atoms. The summed E-state index contributed by atoms with van der Waals surface area (Å²) in [4.78, 5) is 111. The van der Waals surface area contributed by atoms with Crippen LogP contribution in [0.25, 0.3) is 10.9 Å². The maximum absolute atomic E-state index is 14.3. The van der Waals surface area contributed by atoms with Crippen molar-refractivity contribution >= 4 is 68.9 Å². The Morgan fingerprint density at radius 3 is 1.82 bits per heavy atom. The Hall–Kier alpha value is -7.53. The zero-order chi connectivity index (χ0) is 54.4. The summed E-state index contributed by atoms with van der Waals surface area (Å²) in [6.07, 6.45) is 2.29. The van der Waals surface area contributed by atoms with Crippen LogP contribution < -0.4 is 36.1 Å². The fraction of sp³-hybridized carbons (Fsp3) is 0.451. The second-order valence-electron chi connectivity index (χ2n) is 18.4. The smallest absolute Gasteiger partial charge is 0.446 e. The predicted molar refractivity (Wildman–Crippen MR) is 271 cm³/mol. The second-order valence-corrected chi connectivity index (χ2v) is 19.5. The van der Waals surface area contributed by atoms with Gasteiger partial charge in [0.25, 0.3) is 0 Å². The summed E-state index contributed by atoms with van der Waals surface area (Å²) in [5.41, 5.74) is 1.71. The summed E-state index contributed by atoms with van der Waals surface area (Å²) < 4.78 is 46.6. The van der Waals surface area contributed by atoms with Crippen molar-refractivity contribution in [2.24, 2.45) is 0 Å². The van der Waals surface area contributed by atoms with Crippen molar-refractivity contribution in [3.8, 4) is 5.75 Å². The molecule has 9 N–H and O–H groups in total. The standard InChI is InChI=1S/C51H67N7O15S/c1-6-8-18-38(55-47(64)40(58-50(67)72-51(3,4)5)27-33-21-23-35(24-22-33)73-74(68,69)70)45(62)53-31-43(59)54-41(28-34-30-52-37-20-14-13-17-36(34)37)48(65)56-39(19-9-7-2)46(63)57-42(29-44(60)61)49(66)71-26-25-32-15-11-10-12-16-32/h10-17,20-24,30,38-42,52H,6-9,18-19,25-29,31H2,1-5H3,(H,53,62)(H,54,59)(H,55,64)(H,56,65)(H,57,63)(H,58,67)(H,60,61)(H,68,69,70). The van der Waals surface area contributed by atoms with Crippen LogP contribution in [0.1, 0.15) is 96.3 Å². The summed E-state index contributed by atoms with van der Waals surface area (Å²) in [5.74, 6) is -6.63. The molecule has 6 amide bonds. The van der Waals surface area contributed by atoms with Gasteiger partial charge >= 0.3 is 28.4 Å². The van der Waals surface area contributed by atoms with E-state index in [1.165, 1.54) is 24.3 Å².